The van der Waals surface area contributed by atoms with Gasteiger partial charge in [-0.3, -0.25) is 19.2 Å². The summed E-state index contributed by atoms with van der Waals surface area (Å²) < 4.78 is 9.97. The molecule has 2 rings (SSSR count). The fourth-order valence-corrected chi connectivity index (χ4v) is 1.56. The highest BCUT2D eigenvalue weighted by Crippen LogP contribution is 2.11. The maximum Gasteiger partial charge on any atom is 0.322 e. The molecular formula is C18H16O8. The average Bonchev–Trinajstić information content (AvgIpc) is 2.55. The van der Waals surface area contributed by atoms with Gasteiger partial charge in [0.25, 0.3) is 0 Å². The Kier molecular flexibility index (Phi) is 8.60. The lowest BCUT2D eigenvalue weighted by Gasteiger charge is -2.04. The number of aliphatic carboxylic acids is 2. The van der Waals surface area contributed by atoms with Gasteiger partial charge in [0.2, 0.25) is 0 Å². The van der Waals surface area contributed by atoms with Crippen LogP contribution in [-0.2, 0) is 19.2 Å². The molecular weight excluding hydrogens is 344 g/mol. The van der Waals surface area contributed by atoms with Crippen LogP contribution in [0.1, 0.15) is 12.8 Å². The zero-order valence-corrected chi connectivity index (χ0v) is 13.5. The van der Waals surface area contributed by atoms with E-state index in [0.717, 1.165) is 0 Å². The smallest absolute Gasteiger partial charge is 0.322 e. The molecule has 0 aromatic heterocycles. The average molecular weight is 360 g/mol. The molecule has 0 saturated carbocycles. The molecule has 0 bridgehead atoms. The van der Waals surface area contributed by atoms with Gasteiger partial charge >= 0.3 is 23.9 Å². The normalized spacial score (nSPS) is 9.23. The number of carbonyl (C=O) groups excluding carboxylic acids is 2. The summed E-state index contributed by atoms with van der Waals surface area (Å²) in [4.78, 5) is 41.8. The number of hydrogen-bond donors (Lipinski definition) is 2. The third kappa shape index (κ3) is 9.46. The molecule has 0 saturated heterocycles. The first kappa shape index (κ1) is 20.4. The Bertz CT molecular complexity index is 677. The molecule has 8 heteroatoms. The molecule has 0 amide bonds. The van der Waals surface area contributed by atoms with E-state index in [0.29, 0.717) is 11.5 Å². The molecule has 2 aromatic carbocycles. The highest BCUT2D eigenvalue weighted by molar-refractivity contribution is 5.93. The number of ether oxygens (including phenoxy) is 2. The highest BCUT2D eigenvalue weighted by Gasteiger charge is 2.13. The first-order valence-corrected chi connectivity index (χ1v) is 7.32. The number of para-hydroxylation sites is 2. The Balaban J connectivity index is 0.000000412. The lowest BCUT2D eigenvalue weighted by Crippen LogP contribution is -2.18. The fraction of sp³-hybridized carbons (Fsp3) is 0.111. The third-order valence-electron chi connectivity index (χ3n) is 2.54. The molecule has 2 aromatic rings. The molecule has 0 unspecified atom stereocenters. The lowest BCUT2D eigenvalue weighted by atomic mass is 10.3. The molecule has 136 valence electrons. The Morgan fingerprint density at radius 3 is 1.23 bits per heavy atom. The van der Waals surface area contributed by atoms with E-state index in [1.807, 2.05) is 0 Å². The van der Waals surface area contributed by atoms with Crippen molar-refractivity contribution >= 4 is 23.9 Å². The number of hydrogen-bond acceptors (Lipinski definition) is 6. The summed E-state index contributed by atoms with van der Waals surface area (Å²) in [6.45, 7) is 0. The fourth-order valence-electron chi connectivity index (χ4n) is 1.56. The molecule has 0 fully saturated rings. The molecule has 0 spiro atoms. The standard InChI is InChI=1S/C15H12O4.C3H4O4/c16-14(18-12-7-3-1-4-8-12)11-15(17)19-13-9-5-2-6-10-13;4-2(5)1-3(6)7/h1-10H,11H2;1H2,(H,4,5)(H,6,7). The van der Waals surface area contributed by atoms with Gasteiger partial charge in [-0.2, -0.15) is 0 Å². The molecule has 0 radical (unpaired) electrons. The van der Waals surface area contributed by atoms with Gasteiger partial charge in [-0.1, -0.05) is 36.4 Å². The maximum atomic E-state index is 11.5. The van der Waals surface area contributed by atoms with Crippen molar-refractivity contribution in [2.45, 2.75) is 12.8 Å². The minimum atomic E-state index is -1.31. The number of carbonyl (C=O) groups is 4. The van der Waals surface area contributed by atoms with Crippen molar-refractivity contribution in [2.75, 3.05) is 0 Å². The van der Waals surface area contributed by atoms with Crippen molar-refractivity contribution in [2.24, 2.45) is 0 Å². The second-order valence-corrected chi connectivity index (χ2v) is 4.72. The van der Waals surface area contributed by atoms with Gasteiger partial charge in [-0.15, -0.1) is 0 Å². The van der Waals surface area contributed by atoms with Crippen molar-refractivity contribution < 1.29 is 38.9 Å². The SMILES string of the molecule is O=C(CC(=O)Oc1ccccc1)Oc1ccccc1.O=C(O)CC(=O)O. The van der Waals surface area contributed by atoms with E-state index in [4.69, 9.17) is 19.7 Å². The van der Waals surface area contributed by atoms with E-state index in [-0.39, 0.29) is 0 Å². The molecule has 0 aliphatic rings. The molecule has 2 N–H and O–H groups in total. The van der Waals surface area contributed by atoms with Gasteiger partial charge in [0.05, 0.1) is 0 Å². The minimum absolute atomic E-state index is 0.403. The quantitative estimate of drug-likeness (QED) is 0.456. The van der Waals surface area contributed by atoms with Crippen LogP contribution in [0.3, 0.4) is 0 Å². The number of carboxylic acids is 2. The van der Waals surface area contributed by atoms with Crippen LogP contribution in [0.2, 0.25) is 0 Å². The third-order valence-corrected chi connectivity index (χ3v) is 2.54. The van der Waals surface area contributed by atoms with Crippen LogP contribution in [0.4, 0.5) is 0 Å². The largest absolute Gasteiger partial charge is 0.481 e. The monoisotopic (exact) mass is 360 g/mol. The minimum Gasteiger partial charge on any atom is -0.481 e. The van der Waals surface area contributed by atoms with Gasteiger partial charge in [-0.05, 0) is 24.3 Å². The summed E-state index contributed by atoms with van der Waals surface area (Å²) in [5.74, 6) is -3.11. The van der Waals surface area contributed by atoms with Crippen LogP contribution in [0.15, 0.2) is 60.7 Å². The number of benzene rings is 2. The summed E-state index contributed by atoms with van der Waals surface area (Å²) in [5, 5.41) is 15.4. The van der Waals surface area contributed by atoms with Crippen LogP contribution in [0.5, 0.6) is 11.5 Å². The molecule has 8 nitrogen and oxygen atoms in total. The second-order valence-electron chi connectivity index (χ2n) is 4.72. The summed E-state index contributed by atoms with van der Waals surface area (Å²) in [6.07, 6.45) is -1.23. The molecule has 0 aliphatic carbocycles. The Hall–Kier alpha value is -3.68. The molecule has 0 heterocycles. The Morgan fingerprint density at radius 2 is 0.962 bits per heavy atom. The molecule has 0 atom stereocenters. The van der Waals surface area contributed by atoms with Crippen LogP contribution in [-0.4, -0.2) is 34.1 Å². The van der Waals surface area contributed by atoms with E-state index in [9.17, 15) is 19.2 Å². The summed E-state index contributed by atoms with van der Waals surface area (Å²) >= 11 is 0. The maximum absolute atomic E-state index is 11.5. The Labute approximate surface area is 148 Å². The van der Waals surface area contributed by atoms with Crippen LogP contribution in [0, 0.1) is 0 Å². The van der Waals surface area contributed by atoms with Crippen LogP contribution in [0.25, 0.3) is 0 Å². The first-order valence-electron chi connectivity index (χ1n) is 7.32. The van der Waals surface area contributed by atoms with Crippen molar-refractivity contribution in [1.29, 1.82) is 0 Å². The molecule has 0 aliphatic heterocycles. The summed E-state index contributed by atoms with van der Waals surface area (Å²) in [5.41, 5.74) is 0. The predicted molar refractivity (Wildman–Crippen MR) is 88.7 cm³/mol. The second kappa shape index (κ2) is 11.0. The number of rotatable bonds is 6. The number of carboxylic acid groups (broad SMARTS) is 2. The van der Waals surface area contributed by atoms with Gasteiger partial charge in [-0.25, -0.2) is 0 Å². The van der Waals surface area contributed by atoms with Gasteiger partial charge < -0.3 is 19.7 Å². The topological polar surface area (TPSA) is 127 Å². The van der Waals surface area contributed by atoms with Crippen LogP contribution < -0.4 is 9.47 Å². The van der Waals surface area contributed by atoms with E-state index >= 15 is 0 Å². The van der Waals surface area contributed by atoms with Gasteiger partial charge in [0.15, 0.2) is 0 Å². The van der Waals surface area contributed by atoms with E-state index < -0.39 is 36.7 Å². The zero-order valence-electron chi connectivity index (χ0n) is 13.5. The van der Waals surface area contributed by atoms with Crippen molar-refractivity contribution in [1.82, 2.24) is 0 Å². The highest BCUT2D eigenvalue weighted by atomic mass is 16.6. The van der Waals surface area contributed by atoms with E-state index in [2.05, 4.69) is 0 Å². The number of esters is 2. The van der Waals surface area contributed by atoms with Gasteiger partial charge in [0.1, 0.15) is 24.3 Å². The molecule has 26 heavy (non-hydrogen) atoms. The first-order chi connectivity index (χ1) is 12.4. The van der Waals surface area contributed by atoms with Crippen LogP contribution >= 0.6 is 0 Å². The van der Waals surface area contributed by atoms with Gasteiger partial charge in [0, 0.05) is 0 Å². The summed E-state index contributed by atoms with van der Waals surface area (Å²) in [6, 6.07) is 17.1. The van der Waals surface area contributed by atoms with Crippen molar-refractivity contribution in [3.05, 3.63) is 60.7 Å². The Morgan fingerprint density at radius 1 is 0.615 bits per heavy atom. The van der Waals surface area contributed by atoms with E-state index in [1.165, 1.54) is 0 Å². The van der Waals surface area contributed by atoms with Crippen molar-refractivity contribution in [3.63, 3.8) is 0 Å². The summed E-state index contributed by atoms with van der Waals surface area (Å²) in [7, 11) is 0. The van der Waals surface area contributed by atoms with Crippen molar-refractivity contribution in [3.8, 4) is 11.5 Å². The zero-order chi connectivity index (χ0) is 19.4. The lowest BCUT2D eigenvalue weighted by molar-refractivity contribution is -0.148. The van der Waals surface area contributed by atoms with E-state index in [1.54, 1.807) is 60.7 Å². The predicted octanol–water partition coefficient (Wildman–Crippen LogP) is 2.13.